The van der Waals surface area contributed by atoms with E-state index in [9.17, 15) is 9.59 Å². The third-order valence-corrected chi connectivity index (χ3v) is 3.95. The molecular weight excluding hydrogens is 246 g/mol. The minimum absolute atomic E-state index is 0.0340. The van der Waals surface area contributed by atoms with Gasteiger partial charge in [0.25, 0.3) is 0 Å². The first-order valence-electron chi connectivity index (χ1n) is 6.99. The smallest absolute Gasteiger partial charge is 0.308 e. The number of carbonyl (C=O) groups is 2. The van der Waals surface area contributed by atoms with Gasteiger partial charge in [-0.3, -0.25) is 14.5 Å². The van der Waals surface area contributed by atoms with Crippen LogP contribution in [-0.4, -0.2) is 74.6 Å². The van der Waals surface area contributed by atoms with Gasteiger partial charge in [0.1, 0.15) is 0 Å². The third kappa shape index (κ3) is 3.91. The fourth-order valence-corrected chi connectivity index (χ4v) is 2.69. The van der Waals surface area contributed by atoms with Crippen LogP contribution >= 0.6 is 0 Å². The van der Waals surface area contributed by atoms with E-state index >= 15 is 0 Å². The second-order valence-corrected chi connectivity index (χ2v) is 5.20. The van der Waals surface area contributed by atoms with Gasteiger partial charge < -0.3 is 15.0 Å². The van der Waals surface area contributed by atoms with Crippen LogP contribution in [0, 0.1) is 5.92 Å². The molecule has 0 aromatic heterocycles. The molecule has 2 rings (SSSR count). The van der Waals surface area contributed by atoms with E-state index < -0.39 is 0 Å². The van der Waals surface area contributed by atoms with Crippen LogP contribution in [0.1, 0.15) is 12.8 Å². The van der Waals surface area contributed by atoms with Gasteiger partial charge in [-0.05, 0) is 12.8 Å². The Hall–Kier alpha value is -1.14. The lowest BCUT2D eigenvalue weighted by Gasteiger charge is -2.33. The monoisotopic (exact) mass is 269 g/mol. The largest absolute Gasteiger partial charge is 0.469 e. The predicted molar refractivity (Wildman–Crippen MR) is 70.6 cm³/mol. The Labute approximate surface area is 114 Å². The molecule has 0 aromatic carbocycles. The normalized spacial score (nSPS) is 22.3. The summed E-state index contributed by atoms with van der Waals surface area (Å²) in [6.07, 6.45) is 1.44. The van der Waals surface area contributed by atoms with E-state index in [1.54, 1.807) is 0 Å². The number of hydrogen-bond acceptors (Lipinski definition) is 5. The second-order valence-electron chi connectivity index (χ2n) is 5.20. The van der Waals surface area contributed by atoms with E-state index in [2.05, 4.69) is 10.2 Å². The minimum Gasteiger partial charge on any atom is -0.469 e. The van der Waals surface area contributed by atoms with Gasteiger partial charge in [-0.15, -0.1) is 0 Å². The van der Waals surface area contributed by atoms with Crippen molar-refractivity contribution in [3.8, 4) is 0 Å². The lowest BCUT2D eigenvalue weighted by molar-refractivity contribution is -0.149. The number of rotatable bonds is 3. The quantitative estimate of drug-likeness (QED) is 0.687. The highest BCUT2D eigenvalue weighted by atomic mass is 16.5. The molecule has 0 atom stereocenters. The molecule has 6 heteroatoms. The number of ether oxygens (including phenoxy) is 1. The molecule has 2 fully saturated rings. The second kappa shape index (κ2) is 6.86. The summed E-state index contributed by atoms with van der Waals surface area (Å²) in [7, 11) is 1.42. The van der Waals surface area contributed by atoms with Crippen molar-refractivity contribution in [1.82, 2.24) is 15.1 Å². The molecule has 1 N–H and O–H groups in total. The number of nitrogens with one attached hydrogen (secondary N) is 1. The predicted octanol–water partition coefficient (Wildman–Crippen LogP) is -0.697. The van der Waals surface area contributed by atoms with E-state index in [1.807, 2.05) is 4.90 Å². The molecule has 1 amide bonds. The summed E-state index contributed by atoms with van der Waals surface area (Å²) in [5, 5.41) is 3.27. The maximum absolute atomic E-state index is 12.2. The fourth-order valence-electron chi connectivity index (χ4n) is 2.69. The van der Waals surface area contributed by atoms with Crippen molar-refractivity contribution in [1.29, 1.82) is 0 Å². The van der Waals surface area contributed by atoms with Crippen molar-refractivity contribution in [2.75, 3.05) is 52.9 Å². The van der Waals surface area contributed by atoms with Crippen molar-refractivity contribution >= 4 is 11.9 Å². The molecule has 0 unspecified atom stereocenters. The number of hydrogen-bond donors (Lipinski definition) is 1. The van der Waals surface area contributed by atoms with Gasteiger partial charge in [0.05, 0.1) is 19.6 Å². The minimum atomic E-state index is -0.144. The first-order valence-corrected chi connectivity index (χ1v) is 6.99. The Morgan fingerprint density at radius 1 is 1.16 bits per heavy atom. The first-order chi connectivity index (χ1) is 9.20. The number of nitrogens with zero attached hydrogens (tertiary/aromatic N) is 2. The maximum Gasteiger partial charge on any atom is 0.308 e. The zero-order chi connectivity index (χ0) is 13.7. The fraction of sp³-hybridized carbons (Fsp3) is 0.846. The van der Waals surface area contributed by atoms with Crippen molar-refractivity contribution in [3.05, 3.63) is 0 Å². The molecule has 0 aliphatic carbocycles. The summed E-state index contributed by atoms with van der Waals surface area (Å²) < 4.78 is 4.75. The zero-order valence-electron chi connectivity index (χ0n) is 11.6. The molecule has 0 bridgehead atoms. The third-order valence-electron chi connectivity index (χ3n) is 3.95. The molecule has 2 heterocycles. The Morgan fingerprint density at radius 2 is 1.79 bits per heavy atom. The molecule has 2 saturated heterocycles. The van der Waals surface area contributed by atoms with Crippen LogP contribution in [0.4, 0.5) is 0 Å². The summed E-state index contributed by atoms with van der Waals surface area (Å²) in [4.78, 5) is 27.6. The first kappa shape index (κ1) is 14.3. The number of methoxy groups -OCH3 is 1. The van der Waals surface area contributed by atoms with E-state index in [0.717, 1.165) is 39.0 Å². The van der Waals surface area contributed by atoms with Gasteiger partial charge in [-0.25, -0.2) is 0 Å². The summed E-state index contributed by atoms with van der Waals surface area (Å²) in [5.41, 5.74) is 0. The highest BCUT2D eigenvalue weighted by molar-refractivity contribution is 5.79. The molecule has 0 spiro atoms. The molecule has 2 aliphatic rings. The van der Waals surface area contributed by atoms with Crippen LogP contribution < -0.4 is 5.32 Å². The Morgan fingerprint density at radius 3 is 2.37 bits per heavy atom. The summed E-state index contributed by atoms with van der Waals surface area (Å²) >= 11 is 0. The van der Waals surface area contributed by atoms with Gasteiger partial charge in [0, 0.05) is 39.3 Å². The van der Waals surface area contributed by atoms with Gasteiger partial charge in [0.15, 0.2) is 0 Å². The summed E-state index contributed by atoms with van der Waals surface area (Å²) in [5.74, 6) is 0.00709. The average molecular weight is 269 g/mol. The summed E-state index contributed by atoms with van der Waals surface area (Å²) in [6.45, 7) is 5.63. The maximum atomic E-state index is 12.2. The molecule has 108 valence electrons. The van der Waals surface area contributed by atoms with Crippen LogP contribution in [-0.2, 0) is 14.3 Å². The molecule has 2 aliphatic heterocycles. The highest BCUT2D eigenvalue weighted by Crippen LogP contribution is 2.18. The molecular formula is C13H23N3O3. The van der Waals surface area contributed by atoms with Crippen molar-refractivity contribution in [3.63, 3.8) is 0 Å². The molecule has 0 saturated carbocycles. The Bertz CT molecular complexity index is 321. The van der Waals surface area contributed by atoms with Crippen molar-refractivity contribution in [2.24, 2.45) is 5.92 Å². The van der Waals surface area contributed by atoms with Gasteiger partial charge in [-0.1, -0.05) is 0 Å². The highest BCUT2D eigenvalue weighted by Gasteiger charge is 2.28. The number of piperidine rings is 1. The van der Waals surface area contributed by atoms with Crippen molar-refractivity contribution < 1.29 is 14.3 Å². The lowest BCUT2D eigenvalue weighted by Crippen LogP contribution is -2.50. The standard InChI is InChI=1S/C13H23N3O3/c1-19-13(18)11-2-6-16(7-3-11)12(17)10-15-8-4-14-5-9-15/h11,14H,2-10H2,1H3. The zero-order valence-corrected chi connectivity index (χ0v) is 11.6. The van der Waals surface area contributed by atoms with Gasteiger partial charge in [0.2, 0.25) is 5.91 Å². The van der Waals surface area contributed by atoms with Crippen LogP contribution in [0.3, 0.4) is 0 Å². The van der Waals surface area contributed by atoms with Crippen LogP contribution in [0.5, 0.6) is 0 Å². The molecule has 0 aromatic rings. The number of carbonyl (C=O) groups excluding carboxylic acids is 2. The van der Waals surface area contributed by atoms with E-state index in [4.69, 9.17) is 4.74 Å². The van der Waals surface area contributed by atoms with Crippen molar-refractivity contribution in [2.45, 2.75) is 12.8 Å². The number of likely N-dealkylation sites (tertiary alicyclic amines) is 1. The topological polar surface area (TPSA) is 61.9 Å². The lowest BCUT2D eigenvalue weighted by atomic mass is 9.97. The van der Waals surface area contributed by atoms with E-state index in [-0.39, 0.29) is 17.8 Å². The number of amides is 1. The molecule has 6 nitrogen and oxygen atoms in total. The number of esters is 1. The van der Waals surface area contributed by atoms with Crippen LogP contribution in [0.25, 0.3) is 0 Å². The SMILES string of the molecule is COC(=O)C1CCN(C(=O)CN2CCNCC2)CC1. The van der Waals surface area contributed by atoms with Crippen LogP contribution in [0.15, 0.2) is 0 Å². The summed E-state index contributed by atoms with van der Waals surface area (Å²) in [6, 6.07) is 0. The molecule has 19 heavy (non-hydrogen) atoms. The average Bonchev–Trinajstić information content (AvgIpc) is 2.47. The van der Waals surface area contributed by atoms with E-state index in [0.29, 0.717) is 19.6 Å². The van der Waals surface area contributed by atoms with E-state index in [1.165, 1.54) is 7.11 Å². The Kier molecular flexibility index (Phi) is 5.15. The van der Waals surface area contributed by atoms with Gasteiger partial charge >= 0.3 is 5.97 Å². The molecule has 0 radical (unpaired) electrons. The van der Waals surface area contributed by atoms with Gasteiger partial charge in [-0.2, -0.15) is 0 Å². The number of piperazine rings is 1. The van der Waals surface area contributed by atoms with Crippen LogP contribution in [0.2, 0.25) is 0 Å². The Balaban J connectivity index is 1.74.